The molecule has 0 bridgehead atoms. The number of hydrogen-bond donors (Lipinski definition) is 1. The summed E-state index contributed by atoms with van der Waals surface area (Å²) in [6, 6.07) is 14.4. The summed E-state index contributed by atoms with van der Waals surface area (Å²) in [5, 5.41) is 11.3. The second kappa shape index (κ2) is 6.69. The molecular formula is C18H21NO3. The van der Waals surface area contributed by atoms with Crippen molar-refractivity contribution in [1.29, 1.82) is 0 Å². The molecule has 0 unspecified atom stereocenters. The highest BCUT2D eigenvalue weighted by molar-refractivity contribution is 5.83. The molecule has 0 saturated carbocycles. The first-order chi connectivity index (χ1) is 10.7. The van der Waals surface area contributed by atoms with Gasteiger partial charge in [-0.1, -0.05) is 30.3 Å². The third kappa shape index (κ3) is 3.50. The number of carboxylic acid groups (broad SMARTS) is 1. The molecule has 22 heavy (non-hydrogen) atoms. The third-order valence-electron chi connectivity index (χ3n) is 4.40. The second-order valence-electron chi connectivity index (χ2n) is 5.86. The fourth-order valence-corrected chi connectivity index (χ4v) is 3.01. The van der Waals surface area contributed by atoms with Crippen LogP contribution in [0, 0.1) is 5.92 Å². The van der Waals surface area contributed by atoms with Crippen LogP contribution in [0.1, 0.15) is 19.3 Å². The largest absolute Gasteiger partial charge is 0.494 e. The summed E-state index contributed by atoms with van der Waals surface area (Å²) in [5.74, 6) is 1.47. The fraction of sp³-hybridized carbons (Fsp3) is 0.389. The maximum atomic E-state index is 10.9. The molecule has 1 fully saturated rings. The van der Waals surface area contributed by atoms with E-state index < -0.39 is 6.09 Å². The first-order valence-corrected chi connectivity index (χ1v) is 7.82. The first-order valence-electron chi connectivity index (χ1n) is 7.82. The normalized spacial score (nSPS) is 15.9. The maximum absolute atomic E-state index is 10.9. The molecule has 0 aliphatic carbocycles. The summed E-state index contributed by atoms with van der Waals surface area (Å²) in [6.45, 7) is 1.99. The molecule has 116 valence electrons. The van der Waals surface area contributed by atoms with Gasteiger partial charge in [0.1, 0.15) is 5.75 Å². The van der Waals surface area contributed by atoms with Crippen LogP contribution in [0.15, 0.2) is 42.5 Å². The van der Waals surface area contributed by atoms with Gasteiger partial charge in [-0.05, 0) is 48.1 Å². The van der Waals surface area contributed by atoms with Crippen LogP contribution in [0.25, 0.3) is 10.8 Å². The van der Waals surface area contributed by atoms with Gasteiger partial charge < -0.3 is 14.7 Å². The second-order valence-corrected chi connectivity index (χ2v) is 5.86. The lowest BCUT2D eigenvalue weighted by Gasteiger charge is -2.29. The van der Waals surface area contributed by atoms with E-state index in [0.29, 0.717) is 25.6 Å². The van der Waals surface area contributed by atoms with E-state index in [1.165, 1.54) is 15.7 Å². The van der Waals surface area contributed by atoms with Crippen molar-refractivity contribution in [2.75, 3.05) is 19.7 Å². The summed E-state index contributed by atoms with van der Waals surface area (Å²) < 4.78 is 5.86. The number of amides is 1. The van der Waals surface area contributed by atoms with E-state index in [-0.39, 0.29) is 0 Å². The van der Waals surface area contributed by atoms with Crippen LogP contribution in [0.4, 0.5) is 4.79 Å². The molecule has 1 heterocycles. The standard InChI is InChI=1S/C18H21NO3/c20-18(21)19-10-7-14(8-11-19)9-12-22-17-6-5-15-3-1-2-4-16(15)13-17/h1-6,13-14H,7-12H2,(H,20,21). The highest BCUT2D eigenvalue weighted by Crippen LogP contribution is 2.23. The molecule has 2 aromatic rings. The van der Waals surface area contributed by atoms with Gasteiger partial charge in [0.15, 0.2) is 0 Å². The lowest BCUT2D eigenvalue weighted by atomic mass is 9.94. The van der Waals surface area contributed by atoms with Crippen LogP contribution < -0.4 is 4.74 Å². The van der Waals surface area contributed by atoms with E-state index in [4.69, 9.17) is 9.84 Å². The van der Waals surface area contributed by atoms with Crippen molar-refractivity contribution < 1.29 is 14.6 Å². The molecule has 2 aromatic carbocycles. The van der Waals surface area contributed by atoms with E-state index in [9.17, 15) is 4.79 Å². The average Bonchev–Trinajstić information content (AvgIpc) is 2.55. The Labute approximate surface area is 130 Å². The molecule has 4 heteroatoms. The Bertz CT molecular complexity index is 648. The zero-order valence-corrected chi connectivity index (χ0v) is 12.6. The maximum Gasteiger partial charge on any atom is 0.407 e. The number of carbonyl (C=O) groups is 1. The van der Waals surface area contributed by atoms with Gasteiger partial charge in [-0.15, -0.1) is 0 Å². The average molecular weight is 299 g/mol. The smallest absolute Gasteiger partial charge is 0.407 e. The topological polar surface area (TPSA) is 49.8 Å². The van der Waals surface area contributed by atoms with E-state index in [1.807, 2.05) is 18.2 Å². The van der Waals surface area contributed by atoms with Crippen molar-refractivity contribution in [2.24, 2.45) is 5.92 Å². The quantitative estimate of drug-likeness (QED) is 0.928. The van der Waals surface area contributed by atoms with Gasteiger partial charge in [-0.3, -0.25) is 0 Å². The van der Waals surface area contributed by atoms with Gasteiger partial charge in [0.05, 0.1) is 6.61 Å². The summed E-state index contributed by atoms with van der Waals surface area (Å²) in [4.78, 5) is 12.4. The predicted octanol–water partition coefficient (Wildman–Crippen LogP) is 4.00. The molecule has 0 aromatic heterocycles. The summed E-state index contributed by atoms with van der Waals surface area (Å²) in [6.07, 6.45) is 2.06. The van der Waals surface area contributed by atoms with Gasteiger partial charge in [0, 0.05) is 13.1 Å². The molecule has 1 aliphatic heterocycles. The van der Waals surface area contributed by atoms with Gasteiger partial charge in [0.2, 0.25) is 0 Å². The molecule has 3 rings (SSSR count). The van der Waals surface area contributed by atoms with Crippen molar-refractivity contribution in [2.45, 2.75) is 19.3 Å². The predicted molar refractivity (Wildman–Crippen MR) is 86.4 cm³/mol. The zero-order valence-electron chi connectivity index (χ0n) is 12.6. The van der Waals surface area contributed by atoms with Crippen LogP contribution in [0.2, 0.25) is 0 Å². The molecule has 4 nitrogen and oxygen atoms in total. The molecule has 1 aliphatic rings. The van der Waals surface area contributed by atoms with E-state index in [1.54, 1.807) is 0 Å². The van der Waals surface area contributed by atoms with Crippen LogP contribution in [-0.2, 0) is 0 Å². The molecular weight excluding hydrogens is 278 g/mol. The monoisotopic (exact) mass is 299 g/mol. The summed E-state index contributed by atoms with van der Waals surface area (Å²) >= 11 is 0. The fourth-order valence-electron chi connectivity index (χ4n) is 3.01. The number of likely N-dealkylation sites (tertiary alicyclic amines) is 1. The van der Waals surface area contributed by atoms with Crippen LogP contribution in [0.5, 0.6) is 5.75 Å². The minimum Gasteiger partial charge on any atom is -0.494 e. The summed E-state index contributed by atoms with van der Waals surface area (Å²) in [5.41, 5.74) is 0. The Morgan fingerprint density at radius 1 is 1.14 bits per heavy atom. The van der Waals surface area contributed by atoms with E-state index in [0.717, 1.165) is 25.0 Å². The van der Waals surface area contributed by atoms with Gasteiger partial charge in [-0.25, -0.2) is 4.79 Å². The number of ether oxygens (including phenoxy) is 1. The highest BCUT2D eigenvalue weighted by atomic mass is 16.5. The number of hydrogen-bond acceptors (Lipinski definition) is 2. The van der Waals surface area contributed by atoms with Crippen molar-refractivity contribution in [3.8, 4) is 5.75 Å². The number of fused-ring (bicyclic) bond motifs is 1. The zero-order chi connectivity index (χ0) is 15.4. The first kappa shape index (κ1) is 14.7. The molecule has 1 amide bonds. The Kier molecular flexibility index (Phi) is 4.47. The lowest BCUT2D eigenvalue weighted by Crippen LogP contribution is -2.37. The van der Waals surface area contributed by atoms with E-state index in [2.05, 4.69) is 24.3 Å². The van der Waals surface area contributed by atoms with Crippen molar-refractivity contribution >= 4 is 16.9 Å². The Morgan fingerprint density at radius 3 is 2.59 bits per heavy atom. The van der Waals surface area contributed by atoms with Gasteiger partial charge in [-0.2, -0.15) is 0 Å². The van der Waals surface area contributed by atoms with Gasteiger partial charge in [0.25, 0.3) is 0 Å². The van der Waals surface area contributed by atoms with Crippen molar-refractivity contribution in [3.05, 3.63) is 42.5 Å². The Hall–Kier alpha value is -2.23. The van der Waals surface area contributed by atoms with Crippen molar-refractivity contribution in [1.82, 2.24) is 4.90 Å². The van der Waals surface area contributed by atoms with Crippen molar-refractivity contribution in [3.63, 3.8) is 0 Å². The Morgan fingerprint density at radius 2 is 1.86 bits per heavy atom. The SMILES string of the molecule is O=C(O)N1CCC(CCOc2ccc3ccccc3c2)CC1. The summed E-state index contributed by atoms with van der Waals surface area (Å²) in [7, 11) is 0. The highest BCUT2D eigenvalue weighted by Gasteiger charge is 2.21. The minimum atomic E-state index is -0.800. The van der Waals surface area contributed by atoms with Crippen LogP contribution >= 0.6 is 0 Å². The molecule has 1 saturated heterocycles. The number of benzene rings is 2. The van der Waals surface area contributed by atoms with E-state index >= 15 is 0 Å². The minimum absolute atomic E-state index is 0.566. The molecule has 0 atom stereocenters. The number of nitrogens with zero attached hydrogens (tertiary/aromatic N) is 1. The number of piperidine rings is 1. The molecule has 0 radical (unpaired) electrons. The van der Waals surface area contributed by atoms with Gasteiger partial charge >= 0.3 is 6.09 Å². The Balaban J connectivity index is 1.47. The van der Waals surface area contributed by atoms with Crippen LogP contribution in [-0.4, -0.2) is 35.8 Å². The third-order valence-corrected chi connectivity index (χ3v) is 4.40. The molecule has 1 N–H and O–H groups in total. The molecule has 0 spiro atoms. The number of rotatable bonds is 4. The lowest BCUT2D eigenvalue weighted by molar-refractivity contribution is 0.119. The van der Waals surface area contributed by atoms with Crippen LogP contribution in [0.3, 0.4) is 0 Å².